The molecule has 0 bridgehead atoms. The minimum Gasteiger partial charge on any atom is -0.377 e. The largest absolute Gasteiger partial charge is 0.377 e. The second-order valence-corrected chi connectivity index (χ2v) is 6.88. The van der Waals surface area contributed by atoms with Gasteiger partial charge in [0.2, 0.25) is 0 Å². The second kappa shape index (κ2) is 7.05. The number of hydrogen-bond acceptors (Lipinski definition) is 3. The molecule has 1 aromatic carbocycles. The summed E-state index contributed by atoms with van der Waals surface area (Å²) < 4.78 is 5.20. The van der Waals surface area contributed by atoms with Crippen molar-refractivity contribution < 1.29 is 14.3 Å². The predicted octanol–water partition coefficient (Wildman–Crippen LogP) is 4.03. The van der Waals surface area contributed by atoms with Crippen molar-refractivity contribution in [2.45, 2.75) is 45.1 Å². The van der Waals surface area contributed by atoms with Crippen molar-refractivity contribution in [3.63, 3.8) is 0 Å². The number of ether oxygens (including phenoxy) is 1. The van der Waals surface area contributed by atoms with E-state index in [0.29, 0.717) is 17.6 Å². The van der Waals surface area contributed by atoms with E-state index in [1.165, 1.54) is 5.56 Å². The molecule has 0 N–H and O–H groups in total. The zero-order chi connectivity index (χ0) is 17.0. The Morgan fingerprint density at radius 2 is 1.78 bits per heavy atom. The summed E-state index contributed by atoms with van der Waals surface area (Å²) in [6, 6.07) is 7.53. The molecule has 0 heterocycles. The molecule has 1 unspecified atom stereocenters. The third kappa shape index (κ3) is 4.49. The van der Waals surface area contributed by atoms with Crippen LogP contribution < -0.4 is 0 Å². The van der Waals surface area contributed by atoms with E-state index in [-0.39, 0.29) is 29.5 Å². The van der Waals surface area contributed by atoms with Crippen LogP contribution in [0.25, 0.3) is 0 Å². The SMILES string of the molecule is COC1C=CC(C(=O)CC(=O)c2ccc(C(C)(C)C)cc2)=CC1. The summed E-state index contributed by atoms with van der Waals surface area (Å²) in [7, 11) is 1.64. The van der Waals surface area contributed by atoms with Gasteiger partial charge < -0.3 is 4.74 Å². The fourth-order valence-corrected chi connectivity index (χ4v) is 2.49. The first-order valence-electron chi connectivity index (χ1n) is 7.89. The molecule has 2 rings (SSSR count). The highest BCUT2D eigenvalue weighted by atomic mass is 16.5. The van der Waals surface area contributed by atoms with Crippen LogP contribution in [0.3, 0.4) is 0 Å². The summed E-state index contributed by atoms with van der Waals surface area (Å²) in [5, 5.41) is 0. The highest BCUT2D eigenvalue weighted by Gasteiger charge is 2.18. The van der Waals surface area contributed by atoms with Gasteiger partial charge in [0.05, 0.1) is 12.5 Å². The molecular formula is C20H24O3. The van der Waals surface area contributed by atoms with Crippen LogP contribution in [0.15, 0.2) is 48.1 Å². The Morgan fingerprint density at radius 1 is 1.13 bits per heavy atom. The maximum atomic E-state index is 12.3. The molecule has 0 aliphatic heterocycles. The van der Waals surface area contributed by atoms with Crippen molar-refractivity contribution in [3.05, 3.63) is 59.2 Å². The highest BCUT2D eigenvalue weighted by Crippen LogP contribution is 2.23. The lowest BCUT2D eigenvalue weighted by atomic mass is 9.86. The monoisotopic (exact) mass is 312 g/mol. The first-order valence-corrected chi connectivity index (χ1v) is 7.89. The standard InChI is InChI=1S/C20H24O3/c1-20(2,3)16-9-5-14(6-10-16)18(21)13-19(22)15-7-11-17(23-4)12-8-15/h5-11,17H,12-13H2,1-4H3. The second-order valence-electron chi connectivity index (χ2n) is 6.88. The van der Waals surface area contributed by atoms with Crippen LogP contribution in [0.4, 0.5) is 0 Å². The molecule has 0 spiro atoms. The topological polar surface area (TPSA) is 43.4 Å². The average Bonchev–Trinajstić information content (AvgIpc) is 2.54. The number of hydrogen-bond donors (Lipinski definition) is 0. The molecule has 122 valence electrons. The normalized spacial score (nSPS) is 17.7. The number of methoxy groups -OCH3 is 1. The summed E-state index contributed by atoms with van der Waals surface area (Å²) in [5.41, 5.74) is 2.40. The van der Waals surface area contributed by atoms with Crippen molar-refractivity contribution in [1.82, 2.24) is 0 Å². The summed E-state index contributed by atoms with van der Waals surface area (Å²) in [6.07, 6.45) is 6.04. The minimum absolute atomic E-state index is 0.0206. The molecule has 0 amide bonds. The Labute approximate surface area is 138 Å². The number of benzene rings is 1. The van der Waals surface area contributed by atoms with Crippen molar-refractivity contribution in [1.29, 1.82) is 0 Å². The third-order valence-corrected chi connectivity index (χ3v) is 4.08. The number of carbonyl (C=O) groups excluding carboxylic acids is 2. The number of rotatable bonds is 5. The summed E-state index contributed by atoms with van der Waals surface area (Å²) >= 11 is 0. The highest BCUT2D eigenvalue weighted by molar-refractivity contribution is 6.14. The fourth-order valence-electron chi connectivity index (χ4n) is 2.49. The molecule has 3 nitrogen and oxygen atoms in total. The summed E-state index contributed by atoms with van der Waals surface area (Å²) in [4.78, 5) is 24.5. The maximum Gasteiger partial charge on any atom is 0.170 e. The van der Waals surface area contributed by atoms with E-state index in [4.69, 9.17) is 4.74 Å². The first kappa shape index (κ1) is 17.4. The van der Waals surface area contributed by atoms with Gasteiger partial charge in [0.15, 0.2) is 11.6 Å². The van der Waals surface area contributed by atoms with Crippen LogP contribution in [0.5, 0.6) is 0 Å². The molecule has 0 saturated carbocycles. The Morgan fingerprint density at radius 3 is 2.26 bits per heavy atom. The van der Waals surface area contributed by atoms with Gasteiger partial charge in [0, 0.05) is 18.2 Å². The zero-order valence-corrected chi connectivity index (χ0v) is 14.3. The van der Waals surface area contributed by atoms with Gasteiger partial charge in [-0.3, -0.25) is 9.59 Å². The van der Waals surface area contributed by atoms with E-state index in [1.54, 1.807) is 13.2 Å². The lowest BCUT2D eigenvalue weighted by Gasteiger charge is -2.19. The predicted molar refractivity (Wildman–Crippen MR) is 91.7 cm³/mol. The van der Waals surface area contributed by atoms with Gasteiger partial charge in [-0.2, -0.15) is 0 Å². The van der Waals surface area contributed by atoms with Gasteiger partial charge >= 0.3 is 0 Å². The van der Waals surface area contributed by atoms with Crippen LogP contribution >= 0.6 is 0 Å². The van der Waals surface area contributed by atoms with Crippen molar-refractivity contribution >= 4 is 11.6 Å². The quantitative estimate of drug-likeness (QED) is 0.609. The molecule has 1 aliphatic carbocycles. The molecule has 1 aliphatic rings. The van der Waals surface area contributed by atoms with Gasteiger partial charge in [0.25, 0.3) is 0 Å². The van der Waals surface area contributed by atoms with E-state index in [0.717, 1.165) is 0 Å². The summed E-state index contributed by atoms with van der Waals surface area (Å²) in [6.45, 7) is 6.38. The van der Waals surface area contributed by atoms with E-state index < -0.39 is 0 Å². The van der Waals surface area contributed by atoms with Gasteiger partial charge in [-0.25, -0.2) is 0 Å². The molecular weight excluding hydrogens is 288 g/mol. The van der Waals surface area contributed by atoms with Crippen LogP contribution in [-0.2, 0) is 14.9 Å². The van der Waals surface area contributed by atoms with E-state index in [9.17, 15) is 9.59 Å². The smallest absolute Gasteiger partial charge is 0.170 e. The molecule has 23 heavy (non-hydrogen) atoms. The Kier molecular flexibility index (Phi) is 5.32. The average molecular weight is 312 g/mol. The molecule has 1 aromatic rings. The Balaban J connectivity index is 2.01. The van der Waals surface area contributed by atoms with Crippen LogP contribution in [0.2, 0.25) is 0 Å². The lowest BCUT2D eigenvalue weighted by molar-refractivity contribution is -0.114. The number of carbonyl (C=O) groups is 2. The number of allylic oxidation sites excluding steroid dienone is 2. The Hall–Kier alpha value is -2.00. The van der Waals surface area contributed by atoms with Gasteiger partial charge in [0.1, 0.15) is 0 Å². The summed E-state index contributed by atoms with van der Waals surface area (Å²) in [5.74, 6) is -0.278. The van der Waals surface area contributed by atoms with Crippen LogP contribution in [-0.4, -0.2) is 24.8 Å². The van der Waals surface area contributed by atoms with Crippen molar-refractivity contribution in [2.24, 2.45) is 0 Å². The zero-order valence-electron chi connectivity index (χ0n) is 14.3. The third-order valence-electron chi connectivity index (χ3n) is 4.08. The van der Waals surface area contributed by atoms with Gasteiger partial charge in [-0.05, 0) is 17.4 Å². The molecule has 0 saturated heterocycles. The van der Waals surface area contributed by atoms with Crippen molar-refractivity contribution in [2.75, 3.05) is 7.11 Å². The molecule has 3 heteroatoms. The molecule has 0 radical (unpaired) electrons. The lowest BCUT2D eigenvalue weighted by Crippen LogP contribution is -2.15. The fraction of sp³-hybridized carbons (Fsp3) is 0.400. The van der Waals surface area contributed by atoms with E-state index in [1.807, 2.05) is 36.4 Å². The van der Waals surface area contributed by atoms with E-state index >= 15 is 0 Å². The minimum atomic E-state index is -0.140. The van der Waals surface area contributed by atoms with E-state index in [2.05, 4.69) is 20.8 Å². The van der Waals surface area contributed by atoms with Gasteiger partial charge in [-0.1, -0.05) is 63.3 Å². The van der Waals surface area contributed by atoms with Gasteiger partial charge in [-0.15, -0.1) is 0 Å². The molecule has 0 aromatic heterocycles. The number of Topliss-reactive ketones (excluding diaryl/α,β-unsaturated/α-hetero) is 2. The molecule has 1 atom stereocenters. The maximum absolute atomic E-state index is 12.3. The van der Waals surface area contributed by atoms with Crippen LogP contribution in [0.1, 0.15) is 49.5 Å². The molecule has 0 fully saturated rings. The van der Waals surface area contributed by atoms with Crippen LogP contribution in [0, 0.1) is 0 Å². The van der Waals surface area contributed by atoms with Crippen molar-refractivity contribution in [3.8, 4) is 0 Å². The number of ketones is 2. The first-order chi connectivity index (χ1) is 10.8. The Bertz CT molecular complexity index is 642.